The van der Waals surface area contributed by atoms with Crippen molar-refractivity contribution in [3.05, 3.63) is 41.8 Å². The van der Waals surface area contributed by atoms with E-state index in [4.69, 9.17) is 10.00 Å². The third-order valence-corrected chi connectivity index (χ3v) is 3.06. The molecule has 80 valence electrons. The van der Waals surface area contributed by atoms with Crippen molar-refractivity contribution in [1.82, 2.24) is 0 Å². The van der Waals surface area contributed by atoms with Gasteiger partial charge in [-0.05, 0) is 30.5 Å². The van der Waals surface area contributed by atoms with E-state index in [1.807, 2.05) is 41.8 Å². The second-order valence-electron chi connectivity index (χ2n) is 3.36. The topological polar surface area (TPSA) is 33.0 Å². The third-order valence-electron chi connectivity index (χ3n) is 2.16. The Morgan fingerprint density at radius 2 is 2.06 bits per heavy atom. The highest BCUT2D eigenvalue weighted by Crippen LogP contribution is 2.33. The number of rotatable bonds is 3. The molecule has 1 aromatic carbocycles. The van der Waals surface area contributed by atoms with Gasteiger partial charge in [0.1, 0.15) is 11.8 Å². The van der Waals surface area contributed by atoms with Crippen LogP contribution in [0.15, 0.2) is 41.8 Å². The molecule has 0 spiro atoms. The van der Waals surface area contributed by atoms with Crippen LogP contribution >= 0.6 is 11.3 Å². The summed E-state index contributed by atoms with van der Waals surface area (Å²) in [5.74, 6) is 0.763. The van der Waals surface area contributed by atoms with Crippen LogP contribution in [0, 0.1) is 11.3 Å². The first-order valence-corrected chi connectivity index (χ1v) is 5.88. The Bertz CT molecular complexity index is 499. The minimum atomic E-state index is -0.430. The minimum absolute atomic E-state index is 0.430. The Kier molecular flexibility index (Phi) is 3.23. The highest BCUT2D eigenvalue weighted by Gasteiger charge is 2.09. The number of nitrogens with zero attached hydrogens (tertiary/aromatic N) is 1. The van der Waals surface area contributed by atoms with Gasteiger partial charge in [-0.15, -0.1) is 11.3 Å². The Hall–Kier alpha value is -1.79. The van der Waals surface area contributed by atoms with E-state index in [2.05, 4.69) is 6.07 Å². The van der Waals surface area contributed by atoms with Crippen molar-refractivity contribution < 1.29 is 4.74 Å². The number of nitriles is 1. The molecule has 1 atom stereocenters. The average Bonchev–Trinajstić information content (AvgIpc) is 2.83. The van der Waals surface area contributed by atoms with E-state index >= 15 is 0 Å². The van der Waals surface area contributed by atoms with Crippen LogP contribution in [-0.4, -0.2) is 6.10 Å². The first-order chi connectivity index (χ1) is 7.81. The molecule has 0 radical (unpaired) electrons. The van der Waals surface area contributed by atoms with E-state index in [0.29, 0.717) is 0 Å². The van der Waals surface area contributed by atoms with Gasteiger partial charge in [0, 0.05) is 10.4 Å². The SMILES string of the molecule is CC(C#N)Oc1ccccc1-c1cccs1. The number of ether oxygens (including phenoxy) is 1. The number of hydrogen-bond acceptors (Lipinski definition) is 3. The zero-order valence-electron chi connectivity index (χ0n) is 8.88. The Morgan fingerprint density at radius 1 is 1.25 bits per heavy atom. The van der Waals surface area contributed by atoms with Crippen LogP contribution in [0.3, 0.4) is 0 Å². The normalized spacial score (nSPS) is 11.8. The molecule has 16 heavy (non-hydrogen) atoms. The molecular formula is C13H11NOS. The van der Waals surface area contributed by atoms with Crippen molar-refractivity contribution in [3.8, 4) is 22.3 Å². The Morgan fingerprint density at radius 3 is 2.75 bits per heavy atom. The fourth-order valence-corrected chi connectivity index (χ4v) is 2.18. The summed E-state index contributed by atoms with van der Waals surface area (Å²) in [6, 6.07) is 13.9. The summed E-state index contributed by atoms with van der Waals surface area (Å²) in [6.45, 7) is 1.74. The largest absolute Gasteiger partial charge is 0.475 e. The molecule has 1 heterocycles. The molecule has 1 aromatic heterocycles. The lowest BCUT2D eigenvalue weighted by Gasteiger charge is -2.11. The van der Waals surface area contributed by atoms with Gasteiger partial charge in [-0.2, -0.15) is 5.26 Å². The van der Waals surface area contributed by atoms with Crippen LogP contribution in [0.1, 0.15) is 6.92 Å². The predicted octanol–water partition coefficient (Wildman–Crippen LogP) is 3.71. The Balaban J connectivity index is 2.36. The van der Waals surface area contributed by atoms with Gasteiger partial charge in [0.15, 0.2) is 6.10 Å². The van der Waals surface area contributed by atoms with Crippen LogP contribution < -0.4 is 4.74 Å². The van der Waals surface area contributed by atoms with Crippen molar-refractivity contribution in [1.29, 1.82) is 5.26 Å². The monoisotopic (exact) mass is 229 g/mol. The van der Waals surface area contributed by atoms with Crippen LogP contribution in [0.2, 0.25) is 0 Å². The molecule has 1 unspecified atom stereocenters. The van der Waals surface area contributed by atoms with Crippen LogP contribution in [0.5, 0.6) is 5.75 Å². The molecule has 3 heteroatoms. The van der Waals surface area contributed by atoms with Crippen LogP contribution in [0.25, 0.3) is 10.4 Å². The Labute approximate surface area is 98.7 Å². The van der Waals surface area contributed by atoms with Gasteiger partial charge in [-0.25, -0.2) is 0 Å². The van der Waals surface area contributed by atoms with Crippen molar-refractivity contribution >= 4 is 11.3 Å². The van der Waals surface area contributed by atoms with E-state index in [-0.39, 0.29) is 0 Å². The molecule has 0 fully saturated rings. The van der Waals surface area contributed by atoms with Gasteiger partial charge in [0.25, 0.3) is 0 Å². The molecule has 0 N–H and O–H groups in total. The van der Waals surface area contributed by atoms with E-state index < -0.39 is 6.10 Å². The first-order valence-electron chi connectivity index (χ1n) is 5.00. The van der Waals surface area contributed by atoms with Gasteiger partial charge in [0.2, 0.25) is 0 Å². The molecule has 0 amide bonds. The van der Waals surface area contributed by atoms with Crippen LogP contribution in [-0.2, 0) is 0 Å². The summed E-state index contributed by atoms with van der Waals surface area (Å²) < 4.78 is 5.56. The highest BCUT2D eigenvalue weighted by molar-refractivity contribution is 7.13. The van der Waals surface area contributed by atoms with Gasteiger partial charge >= 0.3 is 0 Å². The minimum Gasteiger partial charge on any atom is -0.475 e. The third kappa shape index (κ3) is 2.23. The van der Waals surface area contributed by atoms with Crippen molar-refractivity contribution in [2.45, 2.75) is 13.0 Å². The number of hydrogen-bond donors (Lipinski definition) is 0. The maximum atomic E-state index is 8.75. The number of para-hydroxylation sites is 1. The molecule has 0 saturated heterocycles. The summed E-state index contributed by atoms with van der Waals surface area (Å²) in [6.07, 6.45) is -0.430. The fraction of sp³-hybridized carbons (Fsp3) is 0.154. The smallest absolute Gasteiger partial charge is 0.181 e. The zero-order valence-corrected chi connectivity index (χ0v) is 9.70. The lowest BCUT2D eigenvalue weighted by molar-refractivity contribution is 0.278. The summed E-state index contributed by atoms with van der Waals surface area (Å²) in [4.78, 5) is 1.15. The fourth-order valence-electron chi connectivity index (χ4n) is 1.42. The molecule has 2 aromatic rings. The van der Waals surface area contributed by atoms with Crippen molar-refractivity contribution in [3.63, 3.8) is 0 Å². The van der Waals surface area contributed by atoms with Crippen molar-refractivity contribution in [2.24, 2.45) is 0 Å². The molecule has 0 aliphatic rings. The lowest BCUT2D eigenvalue weighted by atomic mass is 10.1. The molecule has 0 saturated carbocycles. The standard InChI is InChI=1S/C13H11NOS/c1-10(9-14)15-12-6-3-2-5-11(12)13-7-4-8-16-13/h2-8,10H,1H3. The highest BCUT2D eigenvalue weighted by atomic mass is 32.1. The molecule has 0 bridgehead atoms. The molecule has 2 rings (SSSR count). The second kappa shape index (κ2) is 4.82. The van der Waals surface area contributed by atoms with E-state index in [1.165, 1.54) is 0 Å². The maximum absolute atomic E-state index is 8.75. The molecule has 2 nitrogen and oxygen atoms in total. The van der Waals surface area contributed by atoms with E-state index in [1.54, 1.807) is 18.3 Å². The molecule has 0 aliphatic carbocycles. The number of thiophene rings is 1. The van der Waals surface area contributed by atoms with Gasteiger partial charge in [-0.1, -0.05) is 18.2 Å². The summed E-state index contributed by atoms with van der Waals surface area (Å²) in [5, 5.41) is 10.8. The summed E-state index contributed by atoms with van der Waals surface area (Å²) in [5.41, 5.74) is 1.04. The van der Waals surface area contributed by atoms with Gasteiger partial charge in [-0.3, -0.25) is 0 Å². The molecular weight excluding hydrogens is 218 g/mol. The van der Waals surface area contributed by atoms with Crippen molar-refractivity contribution in [2.75, 3.05) is 0 Å². The summed E-state index contributed by atoms with van der Waals surface area (Å²) in [7, 11) is 0. The predicted molar refractivity (Wildman–Crippen MR) is 65.5 cm³/mol. The van der Waals surface area contributed by atoms with E-state index in [9.17, 15) is 0 Å². The van der Waals surface area contributed by atoms with Crippen LogP contribution in [0.4, 0.5) is 0 Å². The second-order valence-corrected chi connectivity index (χ2v) is 4.31. The number of benzene rings is 1. The molecule has 0 aliphatic heterocycles. The quantitative estimate of drug-likeness (QED) is 0.803. The van der Waals surface area contributed by atoms with E-state index in [0.717, 1.165) is 16.2 Å². The average molecular weight is 229 g/mol. The van der Waals surface area contributed by atoms with Gasteiger partial charge in [0.05, 0.1) is 0 Å². The maximum Gasteiger partial charge on any atom is 0.181 e. The summed E-state index contributed by atoms with van der Waals surface area (Å²) >= 11 is 1.66. The van der Waals surface area contributed by atoms with Gasteiger partial charge < -0.3 is 4.74 Å². The zero-order chi connectivity index (χ0) is 11.4. The first kappa shape index (κ1) is 10.7. The lowest BCUT2D eigenvalue weighted by Crippen LogP contribution is -2.08.